The first-order valence-electron chi connectivity index (χ1n) is 6.81. The molecule has 7 heteroatoms. The van der Waals surface area contributed by atoms with Crippen molar-refractivity contribution in [2.45, 2.75) is 32.9 Å². The van der Waals surface area contributed by atoms with Gasteiger partial charge in [-0.2, -0.15) is 5.10 Å². The molecule has 114 valence electrons. The lowest BCUT2D eigenvalue weighted by atomic mass is 10.0. The molecule has 1 aromatic heterocycles. The molecule has 0 bridgehead atoms. The van der Waals surface area contributed by atoms with Crippen LogP contribution in [0.25, 0.3) is 0 Å². The smallest absolute Gasteiger partial charge is 0.138 e. The summed E-state index contributed by atoms with van der Waals surface area (Å²) < 4.78 is 30.4. The van der Waals surface area contributed by atoms with Crippen molar-refractivity contribution in [1.82, 2.24) is 20.1 Å². The zero-order valence-electron chi connectivity index (χ0n) is 11.9. The molecule has 1 heterocycles. The number of aryl methyl sites for hydroxylation is 1. The summed E-state index contributed by atoms with van der Waals surface area (Å²) in [5.41, 5.74) is 0.0331. The molecule has 2 rings (SSSR count). The monoisotopic (exact) mass is 358 g/mol. The molecule has 4 nitrogen and oxygen atoms in total. The van der Waals surface area contributed by atoms with Crippen LogP contribution < -0.4 is 5.32 Å². The summed E-state index contributed by atoms with van der Waals surface area (Å²) in [4.78, 5) is 4.17. The maximum atomic E-state index is 14.1. The highest BCUT2D eigenvalue weighted by atomic mass is 79.9. The first kappa shape index (κ1) is 16.0. The molecule has 0 saturated carbocycles. The van der Waals surface area contributed by atoms with Gasteiger partial charge in [-0.15, -0.1) is 0 Å². The van der Waals surface area contributed by atoms with Crippen LogP contribution in [0.4, 0.5) is 8.78 Å². The lowest BCUT2D eigenvalue weighted by Gasteiger charge is -2.19. The third kappa shape index (κ3) is 3.65. The van der Waals surface area contributed by atoms with Gasteiger partial charge in [0.15, 0.2) is 0 Å². The van der Waals surface area contributed by atoms with E-state index < -0.39 is 17.7 Å². The predicted molar refractivity (Wildman–Crippen MR) is 79.9 cm³/mol. The quantitative estimate of drug-likeness (QED) is 0.861. The molecule has 1 N–H and O–H groups in total. The first-order valence-corrected chi connectivity index (χ1v) is 7.60. The molecule has 2 aromatic rings. The van der Waals surface area contributed by atoms with E-state index >= 15 is 0 Å². The number of aromatic nitrogens is 3. The molecule has 0 aliphatic heterocycles. The Bertz CT molecular complexity index is 592. The summed E-state index contributed by atoms with van der Waals surface area (Å²) >= 11 is 3.09. The van der Waals surface area contributed by atoms with Gasteiger partial charge in [-0.3, -0.25) is 4.68 Å². The number of hydrogen-bond acceptors (Lipinski definition) is 3. The number of rotatable bonds is 6. The number of likely N-dealkylation sites (N-methyl/N-ethyl adjacent to an activating group) is 1. The number of nitrogens with zero attached hydrogens (tertiary/aromatic N) is 3. The SMILES string of the molecule is CCNC(Cc1ncnn1CC)c1c(F)cc(Br)cc1F. The van der Waals surface area contributed by atoms with Gasteiger partial charge in [0, 0.05) is 29.0 Å². The maximum Gasteiger partial charge on any atom is 0.138 e. The molecule has 1 aromatic carbocycles. The van der Waals surface area contributed by atoms with Crippen LogP contribution in [0.3, 0.4) is 0 Å². The molecule has 0 fully saturated rings. The van der Waals surface area contributed by atoms with Crippen LogP contribution in [0.1, 0.15) is 31.3 Å². The van der Waals surface area contributed by atoms with Crippen LogP contribution in [-0.2, 0) is 13.0 Å². The Morgan fingerprint density at radius 3 is 2.52 bits per heavy atom. The van der Waals surface area contributed by atoms with Crippen molar-refractivity contribution in [1.29, 1.82) is 0 Å². The predicted octanol–water partition coefficient (Wildman–Crippen LogP) is 3.23. The topological polar surface area (TPSA) is 42.7 Å². The molecular formula is C14H17BrF2N4. The van der Waals surface area contributed by atoms with E-state index in [1.165, 1.54) is 18.5 Å². The van der Waals surface area contributed by atoms with Gasteiger partial charge in [0.05, 0.1) is 0 Å². The zero-order valence-corrected chi connectivity index (χ0v) is 13.5. The van der Waals surface area contributed by atoms with E-state index in [2.05, 4.69) is 31.3 Å². The van der Waals surface area contributed by atoms with Crippen LogP contribution in [0.5, 0.6) is 0 Å². The lowest BCUT2D eigenvalue weighted by molar-refractivity contribution is 0.456. The molecular weight excluding hydrogens is 342 g/mol. The van der Waals surface area contributed by atoms with E-state index in [-0.39, 0.29) is 5.56 Å². The Morgan fingerprint density at radius 2 is 1.95 bits per heavy atom. The van der Waals surface area contributed by atoms with Gasteiger partial charge in [-0.1, -0.05) is 22.9 Å². The molecule has 0 amide bonds. The van der Waals surface area contributed by atoms with Crippen molar-refractivity contribution in [3.05, 3.63) is 46.0 Å². The van der Waals surface area contributed by atoms with Gasteiger partial charge in [-0.05, 0) is 25.6 Å². The minimum atomic E-state index is -0.574. The van der Waals surface area contributed by atoms with Gasteiger partial charge >= 0.3 is 0 Å². The van der Waals surface area contributed by atoms with E-state index in [0.717, 1.165) is 0 Å². The Labute approximate surface area is 130 Å². The highest BCUT2D eigenvalue weighted by Crippen LogP contribution is 2.27. The van der Waals surface area contributed by atoms with Gasteiger partial charge < -0.3 is 5.32 Å². The average molecular weight is 359 g/mol. The fourth-order valence-electron chi connectivity index (χ4n) is 2.30. The minimum Gasteiger partial charge on any atom is -0.310 e. The van der Waals surface area contributed by atoms with Gasteiger partial charge in [0.1, 0.15) is 23.8 Å². The second-order valence-electron chi connectivity index (χ2n) is 4.59. The summed E-state index contributed by atoms with van der Waals surface area (Å²) in [6.07, 6.45) is 1.83. The van der Waals surface area contributed by atoms with Crippen molar-refractivity contribution in [2.75, 3.05) is 6.54 Å². The van der Waals surface area contributed by atoms with Crippen LogP contribution in [0.2, 0.25) is 0 Å². The van der Waals surface area contributed by atoms with E-state index in [1.54, 1.807) is 4.68 Å². The van der Waals surface area contributed by atoms with Crippen molar-refractivity contribution in [3.63, 3.8) is 0 Å². The van der Waals surface area contributed by atoms with Gasteiger partial charge in [0.25, 0.3) is 0 Å². The second kappa shape index (κ2) is 7.09. The van der Waals surface area contributed by atoms with Crippen molar-refractivity contribution in [2.24, 2.45) is 0 Å². The van der Waals surface area contributed by atoms with Crippen LogP contribution in [0, 0.1) is 11.6 Å². The highest BCUT2D eigenvalue weighted by molar-refractivity contribution is 9.10. The molecule has 21 heavy (non-hydrogen) atoms. The van der Waals surface area contributed by atoms with E-state index in [4.69, 9.17) is 0 Å². The Hall–Kier alpha value is -1.34. The number of hydrogen-bond donors (Lipinski definition) is 1. The van der Waals surface area contributed by atoms with E-state index in [0.29, 0.717) is 29.8 Å². The summed E-state index contributed by atoms with van der Waals surface area (Å²) in [6.45, 7) is 5.10. The van der Waals surface area contributed by atoms with Crippen molar-refractivity contribution >= 4 is 15.9 Å². The average Bonchev–Trinajstić information content (AvgIpc) is 2.85. The highest BCUT2D eigenvalue weighted by Gasteiger charge is 2.22. The van der Waals surface area contributed by atoms with E-state index in [9.17, 15) is 8.78 Å². The molecule has 0 aliphatic rings. The summed E-state index contributed by atoms with van der Waals surface area (Å²) in [5, 5.41) is 7.20. The Balaban J connectivity index is 2.35. The first-order chi connectivity index (χ1) is 10.1. The normalized spacial score (nSPS) is 12.6. The number of halogens is 3. The Kier molecular flexibility index (Phi) is 5.41. The molecule has 0 spiro atoms. The maximum absolute atomic E-state index is 14.1. The zero-order chi connectivity index (χ0) is 15.4. The fraction of sp³-hybridized carbons (Fsp3) is 0.429. The summed E-state index contributed by atoms with van der Waals surface area (Å²) in [6, 6.07) is 2.05. The lowest BCUT2D eigenvalue weighted by Crippen LogP contribution is -2.26. The molecule has 1 atom stereocenters. The fourth-order valence-corrected chi connectivity index (χ4v) is 2.70. The van der Waals surface area contributed by atoms with Gasteiger partial charge in [0.2, 0.25) is 0 Å². The van der Waals surface area contributed by atoms with E-state index in [1.807, 2.05) is 13.8 Å². The Morgan fingerprint density at radius 1 is 1.29 bits per heavy atom. The molecule has 0 aliphatic carbocycles. The minimum absolute atomic E-state index is 0.0331. The van der Waals surface area contributed by atoms with Crippen molar-refractivity contribution < 1.29 is 8.78 Å². The largest absolute Gasteiger partial charge is 0.310 e. The number of nitrogens with one attached hydrogen (secondary N) is 1. The number of benzene rings is 1. The molecule has 0 saturated heterocycles. The molecule has 0 radical (unpaired) electrons. The van der Waals surface area contributed by atoms with Crippen LogP contribution in [0.15, 0.2) is 22.9 Å². The summed E-state index contributed by atoms with van der Waals surface area (Å²) in [5.74, 6) is -0.448. The van der Waals surface area contributed by atoms with Crippen LogP contribution >= 0.6 is 15.9 Å². The van der Waals surface area contributed by atoms with Crippen molar-refractivity contribution in [3.8, 4) is 0 Å². The van der Waals surface area contributed by atoms with Crippen LogP contribution in [-0.4, -0.2) is 21.3 Å². The summed E-state index contributed by atoms with van der Waals surface area (Å²) in [7, 11) is 0. The third-order valence-electron chi connectivity index (χ3n) is 3.22. The molecule has 1 unspecified atom stereocenters. The second-order valence-corrected chi connectivity index (χ2v) is 5.51. The standard InChI is InChI=1S/C14H17BrF2N4/c1-3-18-12(7-13-19-8-20-21(13)4-2)14-10(16)5-9(15)6-11(14)17/h5-6,8,12,18H,3-4,7H2,1-2H3. The van der Waals surface area contributed by atoms with Gasteiger partial charge in [-0.25, -0.2) is 13.8 Å². The third-order valence-corrected chi connectivity index (χ3v) is 3.68.